The summed E-state index contributed by atoms with van der Waals surface area (Å²) in [5.74, 6) is 0. The highest BCUT2D eigenvalue weighted by Gasteiger charge is 1.91. The molecular formula is C4H7Cl5O2. The third-order valence-electron chi connectivity index (χ3n) is 0.475. The summed E-state index contributed by atoms with van der Waals surface area (Å²) in [6, 6.07) is 0. The fourth-order valence-corrected chi connectivity index (χ4v) is 0.348. The fraction of sp³-hybridized carbons (Fsp3) is 0. The zero-order valence-electron chi connectivity index (χ0n) is 5.06. The maximum atomic E-state index is 5.28. The van der Waals surface area contributed by atoms with Gasteiger partial charge in [-0.15, -0.1) is 49.6 Å². The Bertz CT molecular complexity index is 124. The molecule has 1 aliphatic heterocycles. The Labute approximate surface area is 94.6 Å². The maximum absolute atomic E-state index is 5.28. The van der Waals surface area contributed by atoms with Gasteiger partial charge in [0.1, 0.15) is 18.8 Å². The van der Waals surface area contributed by atoms with E-state index in [1.165, 1.54) is 18.8 Å². The second kappa shape index (κ2) is 13.1. The molecule has 0 saturated heterocycles. The highest BCUT2D eigenvalue weighted by atomic mass is 35.5. The van der Waals surface area contributed by atoms with Crippen LogP contribution >= 0.6 is 61.2 Å². The lowest BCUT2D eigenvalue weighted by atomic mass is 10.9. The first-order valence-electron chi connectivity index (χ1n) is 1.72. The van der Waals surface area contributed by atoms with Crippen LogP contribution in [0.25, 0.3) is 0 Å². The van der Waals surface area contributed by atoms with Gasteiger partial charge in [-0.25, -0.2) is 0 Å². The third-order valence-corrected chi connectivity index (χ3v) is 0.654. The predicted octanol–water partition coefficient (Wildman–Crippen LogP) is 3.23. The first-order valence-corrected chi connectivity index (χ1v) is 2.10. The van der Waals surface area contributed by atoms with Crippen LogP contribution < -0.4 is 0 Å². The molecule has 1 aliphatic rings. The predicted molar refractivity (Wildman–Crippen MR) is 54.2 cm³/mol. The lowest BCUT2D eigenvalue weighted by molar-refractivity contribution is 0.279. The summed E-state index contributed by atoms with van der Waals surface area (Å²) in [5.41, 5.74) is 0. The normalized spacial score (nSPS) is 10.8. The minimum atomic E-state index is 0. The van der Waals surface area contributed by atoms with E-state index in [4.69, 9.17) is 11.6 Å². The minimum absolute atomic E-state index is 0. The first kappa shape index (κ1) is 22.5. The van der Waals surface area contributed by atoms with Crippen LogP contribution in [-0.2, 0) is 9.47 Å². The average molecular weight is 264 g/mol. The van der Waals surface area contributed by atoms with Gasteiger partial charge >= 0.3 is 0 Å². The van der Waals surface area contributed by atoms with E-state index < -0.39 is 0 Å². The number of halogens is 5. The molecule has 11 heavy (non-hydrogen) atoms. The zero-order chi connectivity index (χ0) is 5.11. The van der Waals surface area contributed by atoms with E-state index in [0.29, 0.717) is 0 Å². The molecule has 0 aromatic rings. The molecule has 0 saturated carbocycles. The largest absolute Gasteiger partial charge is 0.465 e. The van der Waals surface area contributed by atoms with Crippen LogP contribution in [0.2, 0.25) is 0 Å². The summed E-state index contributed by atoms with van der Waals surface area (Å²) < 4.78 is 9.18. The molecule has 0 spiro atoms. The topological polar surface area (TPSA) is 18.5 Å². The van der Waals surface area contributed by atoms with Crippen molar-refractivity contribution in [2.24, 2.45) is 0 Å². The molecule has 70 valence electrons. The second-order valence-corrected chi connectivity index (χ2v) is 1.32. The minimum Gasteiger partial charge on any atom is -0.465 e. The number of hydrogen-bond acceptors (Lipinski definition) is 2. The van der Waals surface area contributed by atoms with Gasteiger partial charge in [-0.3, -0.25) is 0 Å². The highest BCUT2D eigenvalue weighted by molar-refractivity contribution is 6.28. The van der Waals surface area contributed by atoms with Crippen LogP contribution in [0.1, 0.15) is 0 Å². The fourth-order valence-electron chi connectivity index (χ4n) is 0.245. The Morgan fingerprint density at radius 1 is 1.00 bits per heavy atom. The van der Waals surface area contributed by atoms with Crippen LogP contribution in [0.5, 0.6) is 0 Å². The van der Waals surface area contributed by atoms with Gasteiger partial charge in [0.2, 0.25) is 5.22 Å². The molecule has 0 aromatic heterocycles. The lowest BCUT2D eigenvalue weighted by Gasteiger charge is -2.00. The van der Waals surface area contributed by atoms with Gasteiger partial charge in [0, 0.05) is 0 Å². The molecule has 7 heteroatoms. The summed E-state index contributed by atoms with van der Waals surface area (Å²) in [4.78, 5) is 0. The first-order chi connectivity index (χ1) is 3.39. The molecule has 1 heterocycles. The molecule has 0 aliphatic carbocycles. The molecule has 0 unspecified atom stereocenters. The SMILES string of the molecule is Cl.Cl.Cl.Cl.ClC1=COC=CO1. The van der Waals surface area contributed by atoms with E-state index in [0.717, 1.165) is 0 Å². The van der Waals surface area contributed by atoms with Crippen molar-refractivity contribution in [2.45, 2.75) is 0 Å². The van der Waals surface area contributed by atoms with E-state index in [2.05, 4.69) is 9.47 Å². The van der Waals surface area contributed by atoms with Crippen molar-refractivity contribution in [3.05, 3.63) is 24.0 Å². The van der Waals surface area contributed by atoms with E-state index >= 15 is 0 Å². The van der Waals surface area contributed by atoms with Crippen molar-refractivity contribution in [1.82, 2.24) is 0 Å². The van der Waals surface area contributed by atoms with Gasteiger partial charge in [0.25, 0.3) is 0 Å². The molecule has 0 fully saturated rings. The molecule has 0 aromatic carbocycles. The van der Waals surface area contributed by atoms with Crippen LogP contribution in [-0.4, -0.2) is 0 Å². The van der Waals surface area contributed by atoms with Gasteiger partial charge < -0.3 is 9.47 Å². The molecule has 0 N–H and O–H groups in total. The van der Waals surface area contributed by atoms with Crippen molar-refractivity contribution in [2.75, 3.05) is 0 Å². The second-order valence-electron chi connectivity index (χ2n) is 0.948. The van der Waals surface area contributed by atoms with Gasteiger partial charge in [-0.2, -0.15) is 0 Å². The van der Waals surface area contributed by atoms with E-state index in [1.54, 1.807) is 0 Å². The number of rotatable bonds is 0. The third kappa shape index (κ3) is 10.5. The van der Waals surface area contributed by atoms with Gasteiger partial charge in [-0.1, -0.05) is 0 Å². The van der Waals surface area contributed by atoms with E-state index in [1.807, 2.05) is 0 Å². The molecule has 0 amide bonds. The van der Waals surface area contributed by atoms with Crippen molar-refractivity contribution in [3.8, 4) is 0 Å². The summed E-state index contributed by atoms with van der Waals surface area (Å²) >= 11 is 5.28. The lowest BCUT2D eigenvalue weighted by Crippen LogP contribution is -1.82. The van der Waals surface area contributed by atoms with Gasteiger partial charge in [-0.05, 0) is 11.6 Å². The van der Waals surface area contributed by atoms with Crippen molar-refractivity contribution in [3.63, 3.8) is 0 Å². The zero-order valence-corrected chi connectivity index (χ0v) is 9.08. The van der Waals surface area contributed by atoms with Crippen molar-refractivity contribution >= 4 is 61.2 Å². The smallest absolute Gasteiger partial charge is 0.228 e. The van der Waals surface area contributed by atoms with Crippen molar-refractivity contribution in [1.29, 1.82) is 0 Å². The van der Waals surface area contributed by atoms with Gasteiger partial charge in [0.15, 0.2) is 0 Å². The van der Waals surface area contributed by atoms with Crippen LogP contribution in [0.15, 0.2) is 24.0 Å². The Balaban J connectivity index is -0.0000000612. The molecule has 0 atom stereocenters. The van der Waals surface area contributed by atoms with Gasteiger partial charge in [0.05, 0.1) is 0 Å². The summed E-state index contributed by atoms with van der Waals surface area (Å²) in [5, 5.41) is 0.252. The molecule has 2 nitrogen and oxygen atoms in total. The molecular weight excluding hydrogens is 257 g/mol. The number of ether oxygens (including phenoxy) is 2. The standard InChI is InChI=1S/C4H3ClO2.4ClH/c5-4-3-6-1-2-7-4;;;;/h1-3H;4*1H. The Hall–Kier alpha value is 0.530. The van der Waals surface area contributed by atoms with Crippen LogP contribution in [0.4, 0.5) is 0 Å². The quantitative estimate of drug-likeness (QED) is 0.669. The van der Waals surface area contributed by atoms with E-state index in [9.17, 15) is 0 Å². The Morgan fingerprint density at radius 3 is 1.73 bits per heavy atom. The van der Waals surface area contributed by atoms with E-state index in [-0.39, 0.29) is 54.8 Å². The summed E-state index contributed by atoms with van der Waals surface area (Å²) in [6.07, 6.45) is 4.07. The Morgan fingerprint density at radius 2 is 1.55 bits per heavy atom. The summed E-state index contributed by atoms with van der Waals surface area (Å²) in [7, 11) is 0. The molecule has 0 bridgehead atoms. The summed E-state index contributed by atoms with van der Waals surface area (Å²) in [6.45, 7) is 0. The Kier molecular flexibility index (Phi) is 26.9. The highest BCUT2D eigenvalue weighted by Crippen LogP contribution is 2.07. The van der Waals surface area contributed by atoms with Crippen LogP contribution in [0.3, 0.4) is 0 Å². The molecule has 1 rings (SSSR count). The monoisotopic (exact) mass is 262 g/mol. The number of hydrogen-bond donors (Lipinski definition) is 0. The molecule has 0 radical (unpaired) electrons. The maximum Gasteiger partial charge on any atom is 0.228 e. The van der Waals surface area contributed by atoms with Crippen molar-refractivity contribution < 1.29 is 9.47 Å². The van der Waals surface area contributed by atoms with Crippen LogP contribution in [0, 0.1) is 0 Å². The average Bonchev–Trinajstić information content (AvgIpc) is 1.69.